The van der Waals surface area contributed by atoms with Crippen LogP contribution in [0.1, 0.15) is 6.42 Å². The second-order valence-corrected chi connectivity index (χ2v) is 7.26. The zero-order valence-corrected chi connectivity index (χ0v) is 15.5. The molecule has 0 aliphatic carbocycles. The highest BCUT2D eigenvalue weighted by atomic mass is 32.2. The molecule has 3 heterocycles. The van der Waals surface area contributed by atoms with E-state index in [2.05, 4.69) is 25.5 Å². The van der Waals surface area contributed by atoms with Crippen molar-refractivity contribution < 1.29 is 0 Å². The Morgan fingerprint density at radius 3 is 2.30 bits per heavy atom. The number of para-hydroxylation sites is 2. The Balaban J connectivity index is 1.34. The second-order valence-electron chi connectivity index (χ2n) is 6.35. The van der Waals surface area contributed by atoms with Crippen molar-refractivity contribution in [1.82, 2.24) is 34.9 Å². The van der Waals surface area contributed by atoms with Crippen LogP contribution in [0, 0.1) is 0 Å². The van der Waals surface area contributed by atoms with Gasteiger partial charge in [-0.05, 0) is 30.7 Å². The van der Waals surface area contributed by atoms with Crippen LogP contribution < -0.4 is 0 Å². The van der Waals surface area contributed by atoms with Gasteiger partial charge in [0, 0.05) is 13.1 Å². The van der Waals surface area contributed by atoms with Gasteiger partial charge < -0.3 is 4.90 Å². The molecule has 9 heteroatoms. The first kappa shape index (κ1) is 16.2. The minimum atomic E-state index is 0.643. The summed E-state index contributed by atoms with van der Waals surface area (Å²) in [6.07, 6.45) is 1.04. The number of nitrogens with zero attached hydrogens (tertiary/aromatic N) is 8. The summed E-state index contributed by atoms with van der Waals surface area (Å²) in [5, 5.41) is 18.1. The minimum Gasteiger partial charge on any atom is -0.332 e. The summed E-state index contributed by atoms with van der Waals surface area (Å²) in [4.78, 5) is 6.99. The van der Waals surface area contributed by atoms with Crippen LogP contribution in [0.15, 0.2) is 53.5 Å². The van der Waals surface area contributed by atoms with Gasteiger partial charge in [0.1, 0.15) is 17.7 Å². The number of hydrogen-bond acceptors (Lipinski definition) is 7. The minimum absolute atomic E-state index is 0.643. The van der Waals surface area contributed by atoms with Gasteiger partial charge in [0.15, 0.2) is 5.17 Å². The van der Waals surface area contributed by atoms with E-state index < -0.39 is 0 Å². The van der Waals surface area contributed by atoms with Gasteiger partial charge in [0.05, 0.1) is 16.9 Å². The van der Waals surface area contributed by atoms with Crippen LogP contribution >= 0.6 is 11.8 Å². The van der Waals surface area contributed by atoms with E-state index in [0.29, 0.717) is 12.5 Å². The van der Waals surface area contributed by atoms with Crippen LogP contribution in [0.25, 0.3) is 22.1 Å². The van der Waals surface area contributed by atoms with Gasteiger partial charge in [-0.3, -0.25) is 4.99 Å². The van der Waals surface area contributed by atoms with Crippen LogP contribution in [0.3, 0.4) is 0 Å². The summed E-state index contributed by atoms with van der Waals surface area (Å²) in [6.45, 7) is 2.46. The summed E-state index contributed by atoms with van der Waals surface area (Å²) < 4.78 is 3.85. The lowest BCUT2D eigenvalue weighted by atomic mass is 10.3. The molecule has 0 saturated carbocycles. The maximum absolute atomic E-state index is 4.73. The number of aromatic nitrogens is 6. The average molecular weight is 378 g/mol. The van der Waals surface area contributed by atoms with Gasteiger partial charge in [0.2, 0.25) is 0 Å². The summed E-state index contributed by atoms with van der Waals surface area (Å²) in [5.74, 6) is 0.675. The summed E-state index contributed by atoms with van der Waals surface area (Å²) in [5.41, 5.74) is 3.90. The molecule has 27 heavy (non-hydrogen) atoms. The molecule has 0 unspecified atom stereocenters. The third kappa shape index (κ3) is 3.14. The van der Waals surface area contributed by atoms with Crippen molar-refractivity contribution in [2.24, 2.45) is 4.99 Å². The molecule has 0 N–H and O–H groups in total. The predicted molar refractivity (Wildman–Crippen MR) is 106 cm³/mol. The lowest BCUT2D eigenvalue weighted by Crippen LogP contribution is -2.36. The van der Waals surface area contributed by atoms with Gasteiger partial charge in [-0.1, -0.05) is 46.5 Å². The molecule has 2 aromatic heterocycles. The molecule has 136 valence electrons. The van der Waals surface area contributed by atoms with Crippen LogP contribution in [0.2, 0.25) is 0 Å². The molecule has 2 aromatic carbocycles. The van der Waals surface area contributed by atoms with Gasteiger partial charge >= 0.3 is 0 Å². The lowest BCUT2D eigenvalue weighted by molar-refractivity contribution is 0.315. The number of benzene rings is 2. The number of aliphatic imine (C=N–C) groups is 1. The van der Waals surface area contributed by atoms with E-state index in [1.165, 1.54) is 0 Å². The molecular formula is C18H18N8S. The largest absolute Gasteiger partial charge is 0.332 e. The van der Waals surface area contributed by atoms with Crippen LogP contribution in [0.4, 0.5) is 0 Å². The summed E-state index contributed by atoms with van der Waals surface area (Å²) >= 11 is 1.68. The van der Waals surface area contributed by atoms with Crippen molar-refractivity contribution in [3.05, 3.63) is 48.5 Å². The number of fused-ring (bicyclic) bond motifs is 2. The normalized spacial score (nSPS) is 14.8. The number of rotatable bonds is 4. The van der Waals surface area contributed by atoms with Crippen LogP contribution in [-0.4, -0.2) is 53.1 Å². The van der Waals surface area contributed by atoms with E-state index >= 15 is 0 Å². The zero-order chi connectivity index (χ0) is 18.1. The van der Waals surface area contributed by atoms with E-state index in [-0.39, 0.29) is 0 Å². The SMILES string of the molecule is c1ccc2c(c1)nnn2CSC1=NCCCN1Cn1nnc2ccccc21. The van der Waals surface area contributed by atoms with Crippen molar-refractivity contribution >= 4 is 39.0 Å². The van der Waals surface area contributed by atoms with Crippen LogP contribution in [-0.2, 0) is 12.5 Å². The third-order valence-electron chi connectivity index (χ3n) is 4.56. The fourth-order valence-corrected chi connectivity index (χ4v) is 4.16. The Morgan fingerprint density at radius 1 is 0.852 bits per heavy atom. The number of thioether (sulfide) groups is 1. The van der Waals surface area contributed by atoms with E-state index in [0.717, 1.165) is 46.7 Å². The lowest BCUT2D eigenvalue weighted by Gasteiger charge is -2.28. The first-order valence-corrected chi connectivity index (χ1v) is 9.86. The van der Waals surface area contributed by atoms with Crippen molar-refractivity contribution in [1.29, 1.82) is 0 Å². The Hall–Kier alpha value is -2.94. The zero-order valence-electron chi connectivity index (χ0n) is 14.6. The molecule has 0 radical (unpaired) electrons. The van der Waals surface area contributed by atoms with Gasteiger partial charge in [-0.25, -0.2) is 9.36 Å². The van der Waals surface area contributed by atoms with Crippen LogP contribution in [0.5, 0.6) is 0 Å². The molecule has 0 fully saturated rings. The molecule has 1 aliphatic heterocycles. The molecule has 5 rings (SSSR count). The molecule has 4 aromatic rings. The second kappa shape index (κ2) is 6.99. The summed E-state index contributed by atoms with van der Waals surface area (Å²) in [6, 6.07) is 16.0. The van der Waals surface area contributed by atoms with Gasteiger partial charge in [-0.15, -0.1) is 10.2 Å². The average Bonchev–Trinajstić information content (AvgIpc) is 3.32. The van der Waals surface area contributed by atoms with Gasteiger partial charge in [0.25, 0.3) is 0 Å². The predicted octanol–water partition coefficient (Wildman–Crippen LogP) is 2.59. The van der Waals surface area contributed by atoms with E-state index in [1.54, 1.807) is 11.8 Å². The smallest absolute Gasteiger partial charge is 0.162 e. The fraction of sp³-hybridized carbons (Fsp3) is 0.278. The molecule has 1 aliphatic rings. The number of amidine groups is 1. The maximum atomic E-state index is 4.73. The van der Waals surface area contributed by atoms with E-state index in [9.17, 15) is 0 Å². The molecule has 0 amide bonds. The van der Waals surface area contributed by atoms with Crippen molar-refractivity contribution in [2.45, 2.75) is 19.0 Å². The Kier molecular flexibility index (Phi) is 4.21. The third-order valence-corrected chi connectivity index (χ3v) is 5.58. The Bertz CT molecular complexity index is 1110. The van der Waals surface area contributed by atoms with Crippen molar-refractivity contribution in [2.75, 3.05) is 13.1 Å². The maximum Gasteiger partial charge on any atom is 0.162 e. The number of hydrogen-bond donors (Lipinski definition) is 0. The van der Waals surface area contributed by atoms with E-state index in [4.69, 9.17) is 4.99 Å². The summed E-state index contributed by atoms with van der Waals surface area (Å²) in [7, 11) is 0. The topological polar surface area (TPSA) is 77.0 Å². The highest BCUT2D eigenvalue weighted by Crippen LogP contribution is 2.20. The first-order chi connectivity index (χ1) is 13.4. The van der Waals surface area contributed by atoms with Crippen molar-refractivity contribution in [3.63, 3.8) is 0 Å². The molecule has 8 nitrogen and oxygen atoms in total. The highest BCUT2D eigenvalue weighted by Gasteiger charge is 2.18. The highest BCUT2D eigenvalue weighted by molar-refractivity contribution is 8.12. The van der Waals surface area contributed by atoms with Gasteiger partial charge in [-0.2, -0.15) is 0 Å². The molecular weight excluding hydrogens is 360 g/mol. The molecule has 0 spiro atoms. The fourth-order valence-electron chi connectivity index (χ4n) is 3.22. The van der Waals surface area contributed by atoms with E-state index in [1.807, 2.05) is 57.9 Å². The molecule has 0 bridgehead atoms. The Morgan fingerprint density at radius 2 is 1.52 bits per heavy atom. The Labute approximate surface area is 159 Å². The monoisotopic (exact) mass is 378 g/mol. The van der Waals surface area contributed by atoms with Crippen molar-refractivity contribution in [3.8, 4) is 0 Å². The molecule has 0 saturated heterocycles. The standard InChI is InChI=1S/C18H18N8S/c1-3-8-16-14(6-1)20-22-25(16)12-24-11-5-10-19-18(24)27-13-26-17-9-4-2-7-15(17)21-23-26/h1-4,6-9H,5,10-13H2. The quantitative estimate of drug-likeness (QED) is 0.543. The molecule has 0 atom stereocenters. The first-order valence-electron chi connectivity index (χ1n) is 8.87.